The Balaban J connectivity index is 1.71. The van der Waals surface area contributed by atoms with Crippen LogP contribution in [0.5, 0.6) is 0 Å². The summed E-state index contributed by atoms with van der Waals surface area (Å²) in [6, 6.07) is 13.9. The van der Waals surface area contributed by atoms with E-state index in [1.165, 1.54) is 0 Å². The molecule has 1 N–H and O–H groups in total. The summed E-state index contributed by atoms with van der Waals surface area (Å²) >= 11 is 0. The maximum absolute atomic E-state index is 12.7. The molecule has 0 radical (unpaired) electrons. The van der Waals surface area contributed by atoms with Crippen LogP contribution in [0, 0.1) is 0 Å². The number of anilines is 1. The number of aliphatic hydroxyl groups excluding tert-OH is 1. The summed E-state index contributed by atoms with van der Waals surface area (Å²) in [6.45, 7) is 2.24. The molecule has 1 saturated heterocycles. The molecule has 0 saturated carbocycles. The van der Waals surface area contributed by atoms with Crippen molar-refractivity contribution in [1.29, 1.82) is 0 Å². The van der Waals surface area contributed by atoms with Crippen molar-refractivity contribution in [1.82, 2.24) is 9.88 Å². The average Bonchev–Trinajstić information content (AvgIpc) is 2.63. The molecule has 1 aliphatic heterocycles. The van der Waals surface area contributed by atoms with E-state index >= 15 is 0 Å². The van der Waals surface area contributed by atoms with Gasteiger partial charge in [0.15, 0.2) is 0 Å². The van der Waals surface area contributed by atoms with Gasteiger partial charge in [-0.1, -0.05) is 24.3 Å². The SMILES string of the molecule is O=C(CN(Cc1cccnc1)c1ccccc1)N1CCC(O)CC1. The van der Waals surface area contributed by atoms with Crippen LogP contribution >= 0.6 is 0 Å². The zero-order chi connectivity index (χ0) is 16.8. The molecule has 0 aliphatic carbocycles. The number of nitrogens with zero attached hydrogens (tertiary/aromatic N) is 3. The maximum atomic E-state index is 12.7. The fraction of sp³-hybridized carbons (Fsp3) is 0.368. The van der Waals surface area contributed by atoms with Crippen LogP contribution in [-0.2, 0) is 11.3 Å². The molecular formula is C19H23N3O2. The van der Waals surface area contributed by atoms with Crippen molar-refractivity contribution in [3.8, 4) is 0 Å². The number of likely N-dealkylation sites (tertiary alicyclic amines) is 1. The van der Waals surface area contributed by atoms with Crippen molar-refractivity contribution in [3.63, 3.8) is 0 Å². The number of benzene rings is 1. The standard InChI is InChI=1S/C19H23N3O2/c23-18-8-11-21(12-9-18)19(24)15-22(17-6-2-1-3-7-17)14-16-5-4-10-20-13-16/h1-7,10,13,18,23H,8-9,11-12,14-15H2. The van der Waals surface area contributed by atoms with Crippen LogP contribution in [-0.4, -0.2) is 46.6 Å². The van der Waals surface area contributed by atoms with Gasteiger partial charge in [0, 0.05) is 37.7 Å². The van der Waals surface area contributed by atoms with Crippen molar-refractivity contribution < 1.29 is 9.90 Å². The molecule has 5 heteroatoms. The van der Waals surface area contributed by atoms with Gasteiger partial charge in [0.25, 0.3) is 0 Å². The van der Waals surface area contributed by atoms with Crippen molar-refractivity contribution in [2.75, 3.05) is 24.5 Å². The largest absolute Gasteiger partial charge is 0.393 e. The Kier molecular flexibility index (Phi) is 5.43. The van der Waals surface area contributed by atoms with Crippen LogP contribution in [0.25, 0.3) is 0 Å². The third kappa shape index (κ3) is 4.32. The lowest BCUT2D eigenvalue weighted by Crippen LogP contribution is -2.45. The van der Waals surface area contributed by atoms with Gasteiger partial charge in [-0.15, -0.1) is 0 Å². The van der Waals surface area contributed by atoms with Crippen LogP contribution in [0.15, 0.2) is 54.9 Å². The van der Waals surface area contributed by atoms with E-state index in [1.807, 2.05) is 53.6 Å². The normalized spacial score (nSPS) is 15.3. The first-order valence-corrected chi connectivity index (χ1v) is 8.37. The Hall–Kier alpha value is -2.40. The molecule has 1 amide bonds. The number of amides is 1. The van der Waals surface area contributed by atoms with Gasteiger partial charge in [-0.25, -0.2) is 0 Å². The summed E-state index contributed by atoms with van der Waals surface area (Å²) in [4.78, 5) is 20.8. The summed E-state index contributed by atoms with van der Waals surface area (Å²) in [7, 11) is 0. The third-order valence-electron chi connectivity index (χ3n) is 4.36. The molecule has 1 aromatic heterocycles. The highest BCUT2D eigenvalue weighted by Crippen LogP contribution is 2.18. The number of hydrogen-bond donors (Lipinski definition) is 1. The lowest BCUT2D eigenvalue weighted by molar-refractivity contribution is -0.131. The predicted molar refractivity (Wildman–Crippen MR) is 93.5 cm³/mol. The number of pyridine rings is 1. The lowest BCUT2D eigenvalue weighted by Gasteiger charge is -2.32. The highest BCUT2D eigenvalue weighted by Gasteiger charge is 2.23. The quantitative estimate of drug-likeness (QED) is 0.914. The predicted octanol–water partition coefficient (Wildman–Crippen LogP) is 2.07. The fourth-order valence-corrected chi connectivity index (χ4v) is 2.97. The third-order valence-corrected chi connectivity index (χ3v) is 4.36. The van der Waals surface area contributed by atoms with E-state index in [0.717, 1.165) is 11.3 Å². The second kappa shape index (κ2) is 7.93. The fourth-order valence-electron chi connectivity index (χ4n) is 2.97. The van der Waals surface area contributed by atoms with E-state index in [4.69, 9.17) is 0 Å². The Labute approximate surface area is 142 Å². The zero-order valence-electron chi connectivity index (χ0n) is 13.7. The van der Waals surface area contributed by atoms with Gasteiger partial charge < -0.3 is 14.9 Å². The van der Waals surface area contributed by atoms with Crippen LogP contribution in [0.3, 0.4) is 0 Å². The summed E-state index contributed by atoms with van der Waals surface area (Å²) < 4.78 is 0. The molecule has 2 aromatic rings. The van der Waals surface area contributed by atoms with E-state index in [0.29, 0.717) is 39.0 Å². The minimum absolute atomic E-state index is 0.106. The van der Waals surface area contributed by atoms with Gasteiger partial charge in [0.05, 0.1) is 12.6 Å². The molecule has 0 atom stereocenters. The Morgan fingerprint density at radius 3 is 2.58 bits per heavy atom. The summed E-state index contributed by atoms with van der Waals surface area (Å²) in [5, 5.41) is 9.61. The molecule has 2 heterocycles. The topological polar surface area (TPSA) is 56.7 Å². The van der Waals surface area contributed by atoms with E-state index in [2.05, 4.69) is 9.88 Å². The first kappa shape index (κ1) is 16.5. The van der Waals surface area contributed by atoms with Crippen molar-refractivity contribution >= 4 is 11.6 Å². The molecule has 1 aliphatic rings. The maximum Gasteiger partial charge on any atom is 0.242 e. The van der Waals surface area contributed by atoms with E-state index in [1.54, 1.807) is 6.20 Å². The van der Waals surface area contributed by atoms with Crippen molar-refractivity contribution in [3.05, 3.63) is 60.4 Å². The highest BCUT2D eigenvalue weighted by atomic mass is 16.3. The lowest BCUT2D eigenvalue weighted by atomic mass is 10.1. The number of rotatable bonds is 5. The number of para-hydroxylation sites is 1. The Bertz CT molecular complexity index is 640. The first-order chi connectivity index (χ1) is 11.7. The van der Waals surface area contributed by atoms with E-state index < -0.39 is 0 Å². The Morgan fingerprint density at radius 2 is 1.92 bits per heavy atom. The van der Waals surface area contributed by atoms with Crippen LogP contribution in [0.1, 0.15) is 18.4 Å². The first-order valence-electron chi connectivity index (χ1n) is 8.37. The molecule has 0 bridgehead atoms. The molecule has 1 fully saturated rings. The molecule has 5 nitrogen and oxygen atoms in total. The van der Waals surface area contributed by atoms with Crippen LogP contribution < -0.4 is 4.90 Å². The van der Waals surface area contributed by atoms with Crippen LogP contribution in [0.2, 0.25) is 0 Å². The zero-order valence-corrected chi connectivity index (χ0v) is 13.7. The van der Waals surface area contributed by atoms with Gasteiger partial charge in [-0.3, -0.25) is 9.78 Å². The number of piperidine rings is 1. The van der Waals surface area contributed by atoms with Gasteiger partial charge in [0.2, 0.25) is 5.91 Å². The van der Waals surface area contributed by atoms with Gasteiger partial charge in [0.1, 0.15) is 0 Å². The van der Waals surface area contributed by atoms with Crippen molar-refractivity contribution in [2.24, 2.45) is 0 Å². The highest BCUT2D eigenvalue weighted by molar-refractivity contribution is 5.81. The van der Waals surface area contributed by atoms with Crippen molar-refractivity contribution in [2.45, 2.75) is 25.5 Å². The number of hydrogen-bond acceptors (Lipinski definition) is 4. The molecule has 0 unspecified atom stereocenters. The van der Waals surface area contributed by atoms with Crippen LogP contribution in [0.4, 0.5) is 5.69 Å². The number of carbonyl (C=O) groups excluding carboxylic acids is 1. The molecular weight excluding hydrogens is 302 g/mol. The number of aliphatic hydroxyl groups is 1. The molecule has 0 spiro atoms. The van der Waals surface area contributed by atoms with E-state index in [9.17, 15) is 9.90 Å². The minimum atomic E-state index is -0.269. The van der Waals surface area contributed by atoms with E-state index in [-0.39, 0.29) is 12.0 Å². The average molecular weight is 325 g/mol. The second-order valence-corrected chi connectivity index (χ2v) is 6.16. The minimum Gasteiger partial charge on any atom is -0.393 e. The number of aromatic nitrogens is 1. The summed E-state index contributed by atoms with van der Waals surface area (Å²) in [6.07, 6.45) is 4.65. The van der Waals surface area contributed by atoms with Gasteiger partial charge in [-0.2, -0.15) is 0 Å². The molecule has 126 valence electrons. The smallest absolute Gasteiger partial charge is 0.242 e. The Morgan fingerprint density at radius 1 is 1.17 bits per heavy atom. The summed E-state index contributed by atoms with van der Waals surface area (Å²) in [5.74, 6) is 0.106. The number of carbonyl (C=O) groups is 1. The monoisotopic (exact) mass is 325 g/mol. The van der Waals surface area contributed by atoms with Gasteiger partial charge >= 0.3 is 0 Å². The molecule has 24 heavy (non-hydrogen) atoms. The summed E-state index contributed by atoms with van der Waals surface area (Å²) in [5.41, 5.74) is 2.09. The molecule has 3 rings (SSSR count). The molecule has 1 aromatic carbocycles. The second-order valence-electron chi connectivity index (χ2n) is 6.16. The van der Waals surface area contributed by atoms with Gasteiger partial charge in [-0.05, 0) is 36.6 Å².